The molecule has 6 heteroatoms. The van der Waals surface area contributed by atoms with Gasteiger partial charge < -0.3 is 5.32 Å². The molecular weight excluding hydrogens is 443 g/mol. The number of carbonyl (C=O) groups excluding carboxylic acids is 1. The lowest BCUT2D eigenvalue weighted by Crippen LogP contribution is -2.49. The maximum absolute atomic E-state index is 13.0. The first-order chi connectivity index (χ1) is 15.6. The molecule has 0 saturated heterocycles. The quantitative estimate of drug-likeness (QED) is 0.355. The van der Waals surface area contributed by atoms with Gasteiger partial charge >= 0.3 is 6.18 Å². The monoisotopic (exact) mass is 473 g/mol. The summed E-state index contributed by atoms with van der Waals surface area (Å²) in [6, 6.07) is 5.51. The van der Waals surface area contributed by atoms with E-state index in [1.165, 1.54) is 28.3 Å². The predicted octanol–water partition coefficient (Wildman–Crippen LogP) is 6.61. The van der Waals surface area contributed by atoms with Crippen molar-refractivity contribution >= 4 is 22.1 Å². The molecule has 0 spiro atoms. The largest absolute Gasteiger partial charge is 0.416 e. The zero-order valence-electron chi connectivity index (χ0n) is 19.1. The Morgan fingerprint density at radius 3 is 2.45 bits per heavy atom. The molecule has 0 amide bonds. The summed E-state index contributed by atoms with van der Waals surface area (Å²) in [5.41, 5.74) is 2.92. The second kappa shape index (κ2) is 7.10. The topological polar surface area (TPSA) is 29.1 Å². The minimum Gasteiger partial charge on any atom is -0.353 e. The number of allylic oxidation sites excluding steroid dienone is 3. The van der Waals surface area contributed by atoms with E-state index in [1.807, 2.05) is 0 Å². The van der Waals surface area contributed by atoms with Gasteiger partial charge in [-0.1, -0.05) is 32.1 Å². The highest BCUT2D eigenvalue weighted by molar-refractivity contribution is 8.03. The molecule has 0 bridgehead atoms. The summed E-state index contributed by atoms with van der Waals surface area (Å²) < 4.78 is 38.9. The second-order valence-electron chi connectivity index (χ2n) is 11.1. The van der Waals surface area contributed by atoms with E-state index in [0.717, 1.165) is 66.8 Å². The standard InChI is InChI=1S/C27H30F3NOS/c1-25-14-12-21-23(33-24(31-21)15-3-5-16(6-4-15)27(28,29)30)20(25)8-7-17-18-9-10-22(32)26(18,2)13-11-19(17)25/h3-6,8,17-19,31,33H,7,9-14H2,1-2H3/t17-,18-,19-,25+,26-/m0/s1. The van der Waals surface area contributed by atoms with Gasteiger partial charge in [0.15, 0.2) is 0 Å². The lowest BCUT2D eigenvalue weighted by atomic mass is 9.48. The van der Waals surface area contributed by atoms with E-state index in [4.69, 9.17) is 0 Å². The fourth-order valence-electron chi connectivity index (χ4n) is 7.70. The first-order valence-electron chi connectivity index (χ1n) is 12.1. The number of thiol groups is 1. The van der Waals surface area contributed by atoms with Gasteiger partial charge in [-0.05, 0) is 79.4 Å². The summed E-state index contributed by atoms with van der Waals surface area (Å²) >= 11 is 1.07. The van der Waals surface area contributed by atoms with E-state index in [1.54, 1.807) is 12.1 Å². The first kappa shape index (κ1) is 21.7. The van der Waals surface area contributed by atoms with Gasteiger partial charge in [0.1, 0.15) is 5.78 Å². The Balaban J connectivity index is 1.31. The van der Waals surface area contributed by atoms with E-state index in [2.05, 4.69) is 25.2 Å². The maximum Gasteiger partial charge on any atom is 0.416 e. The van der Waals surface area contributed by atoms with Crippen molar-refractivity contribution in [2.24, 2.45) is 28.6 Å². The van der Waals surface area contributed by atoms with Gasteiger partial charge in [0.05, 0.1) is 10.6 Å². The van der Waals surface area contributed by atoms with Gasteiger partial charge in [-0.25, -0.2) is 0 Å². The Morgan fingerprint density at radius 1 is 1.00 bits per heavy atom. The Bertz CT molecular complexity index is 1130. The predicted molar refractivity (Wildman–Crippen MR) is 127 cm³/mol. The van der Waals surface area contributed by atoms with Crippen molar-refractivity contribution in [1.82, 2.24) is 5.32 Å². The molecule has 4 aliphatic carbocycles. The SMILES string of the molecule is C[C@]12CCC3=C([SH]=C(c4ccc(C(F)(F)F)cc4)N3)C1=CC[C@@H]1[C@@H]2CC[C@]2(C)C(=O)CC[C@@H]12. The van der Waals surface area contributed by atoms with Gasteiger partial charge in [-0.15, -0.1) is 11.4 Å². The summed E-state index contributed by atoms with van der Waals surface area (Å²) in [5.74, 6) is 2.20. The van der Waals surface area contributed by atoms with E-state index in [9.17, 15) is 18.0 Å². The Kier molecular flexibility index (Phi) is 4.66. The molecule has 1 aromatic carbocycles. The molecule has 5 aliphatic rings. The van der Waals surface area contributed by atoms with Crippen LogP contribution in [0.3, 0.4) is 0 Å². The molecule has 5 atom stereocenters. The number of fused-ring (bicyclic) bond motifs is 6. The van der Waals surface area contributed by atoms with Crippen LogP contribution in [0.1, 0.15) is 69.9 Å². The van der Waals surface area contributed by atoms with Gasteiger partial charge in [0.2, 0.25) is 0 Å². The van der Waals surface area contributed by atoms with Gasteiger partial charge in [0.25, 0.3) is 0 Å². The smallest absolute Gasteiger partial charge is 0.353 e. The molecule has 2 saturated carbocycles. The number of hydrogen-bond acceptors (Lipinski definition) is 2. The van der Waals surface area contributed by atoms with Crippen LogP contribution in [0, 0.1) is 28.6 Å². The van der Waals surface area contributed by atoms with Crippen molar-refractivity contribution in [2.45, 2.75) is 65.0 Å². The van der Waals surface area contributed by atoms with Crippen LogP contribution in [0.25, 0.3) is 0 Å². The fourth-order valence-corrected chi connectivity index (χ4v) is 9.17. The van der Waals surface area contributed by atoms with Crippen molar-refractivity contribution in [3.8, 4) is 0 Å². The third-order valence-corrected chi connectivity index (χ3v) is 10.9. The maximum atomic E-state index is 13.0. The highest BCUT2D eigenvalue weighted by Crippen LogP contribution is 2.65. The molecule has 2 nitrogen and oxygen atoms in total. The fraction of sp³-hybridized carbons (Fsp3) is 0.556. The molecule has 1 aliphatic heterocycles. The minimum absolute atomic E-state index is 0.112. The molecule has 2 fully saturated rings. The number of alkyl halides is 3. The van der Waals surface area contributed by atoms with Crippen LogP contribution in [0.5, 0.6) is 0 Å². The normalized spacial score (nSPS) is 37.7. The lowest BCUT2D eigenvalue weighted by molar-refractivity contribution is -0.137. The van der Waals surface area contributed by atoms with Crippen molar-refractivity contribution in [1.29, 1.82) is 0 Å². The zero-order valence-corrected chi connectivity index (χ0v) is 20.0. The van der Waals surface area contributed by atoms with Crippen molar-refractivity contribution in [3.05, 3.63) is 57.6 Å². The van der Waals surface area contributed by atoms with Crippen molar-refractivity contribution in [2.75, 3.05) is 0 Å². The molecule has 33 heavy (non-hydrogen) atoms. The number of hydrogen-bond donors (Lipinski definition) is 2. The molecule has 1 aromatic rings. The van der Waals surface area contributed by atoms with E-state index in [0.29, 0.717) is 23.5 Å². The number of Topliss-reactive ketones (excluding diaryl/α,β-unsaturated/α-hetero) is 1. The number of nitrogens with one attached hydrogen (secondary N) is 1. The Labute approximate surface area is 196 Å². The van der Waals surface area contributed by atoms with Gasteiger partial charge in [0, 0.05) is 28.0 Å². The van der Waals surface area contributed by atoms with Crippen LogP contribution in [0.4, 0.5) is 13.2 Å². The van der Waals surface area contributed by atoms with Crippen LogP contribution >= 0.6 is 11.4 Å². The number of halogens is 3. The molecule has 0 unspecified atom stereocenters. The third-order valence-electron chi connectivity index (χ3n) is 9.59. The van der Waals surface area contributed by atoms with Crippen LogP contribution < -0.4 is 5.32 Å². The highest BCUT2D eigenvalue weighted by Gasteiger charge is 2.59. The molecule has 1 heterocycles. The van der Waals surface area contributed by atoms with Crippen LogP contribution in [0.2, 0.25) is 0 Å². The van der Waals surface area contributed by atoms with E-state index >= 15 is 0 Å². The number of benzene rings is 1. The first-order valence-corrected chi connectivity index (χ1v) is 13.0. The summed E-state index contributed by atoms with van der Waals surface area (Å²) in [5, 5.41) is 3.56. The van der Waals surface area contributed by atoms with Crippen molar-refractivity contribution in [3.63, 3.8) is 0 Å². The van der Waals surface area contributed by atoms with Crippen LogP contribution in [-0.2, 0) is 11.0 Å². The third kappa shape index (κ3) is 3.08. The summed E-state index contributed by atoms with van der Waals surface area (Å²) in [4.78, 5) is 15.0. The van der Waals surface area contributed by atoms with Gasteiger partial charge in [-0.3, -0.25) is 4.79 Å². The van der Waals surface area contributed by atoms with Crippen molar-refractivity contribution < 1.29 is 18.0 Å². The van der Waals surface area contributed by atoms with E-state index in [-0.39, 0.29) is 10.8 Å². The average Bonchev–Trinajstić information content (AvgIpc) is 3.34. The molecule has 6 rings (SSSR count). The second-order valence-corrected chi connectivity index (χ2v) is 12.2. The molecule has 176 valence electrons. The molecular formula is C27H30F3NOS. The number of rotatable bonds is 1. The molecule has 1 N–H and O–H groups in total. The summed E-state index contributed by atoms with van der Waals surface area (Å²) in [7, 11) is 0. The Hall–Kier alpha value is -1.82. The van der Waals surface area contributed by atoms with E-state index < -0.39 is 11.7 Å². The number of ketones is 1. The molecule has 0 radical (unpaired) electrons. The summed E-state index contributed by atoms with van der Waals surface area (Å²) in [6.45, 7) is 4.65. The number of carbonyl (C=O) groups is 1. The van der Waals surface area contributed by atoms with Gasteiger partial charge in [-0.2, -0.15) is 13.2 Å². The lowest BCUT2D eigenvalue weighted by Gasteiger charge is -2.56. The highest BCUT2D eigenvalue weighted by atomic mass is 32.1. The zero-order chi connectivity index (χ0) is 23.2. The van der Waals surface area contributed by atoms with Crippen LogP contribution in [0.15, 0.2) is 46.5 Å². The molecule has 0 aromatic heterocycles. The average molecular weight is 474 g/mol. The van der Waals surface area contributed by atoms with Crippen LogP contribution in [-0.4, -0.2) is 10.8 Å². The Morgan fingerprint density at radius 2 is 1.73 bits per heavy atom. The summed E-state index contributed by atoms with van der Waals surface area (Å²) in [6.07, 6.45) is 5.21. The minimum atomic E-state index is -4.31.